The van der Waals surface area contributed by atoms with Gasteiger partial charge in [-0.3, -0.25) is 0 Å². The summed E-state index contributed by atoms with van der Waals surface area (Å²) in [6, 6.07) is 16.0. The van der Waals surface area contributed by atoms with Gasteiger partial charge in [0, 0.05) is 17.4 Å². The maximum Gasteiger partial charge on any atom is 0.229 e. The lowest BCUT2D eigenvalue weighted by atomic mass is 10.1. The highest BCUT2D eigenvalue weighted by Crippen LogP contribution is 2.28. The van der Waals surface area contributed by atoms with Gasteiger partial charge >= 0.3 is 0 Å². The van der Waals surface area contributed by atoms with Crippen molar-refractivity contribution in [3.63, 3.8) is 0 Å². The largest absolute Gasteiger partial charge is 0.489 e. The predicted octanol–water partition coefficient (Wildman–Crippen LogP) is 5.68. The Balaban J connectivity index is 1.86. The Labute approximate surface area is 160 Å². The summed E-state index contributed by atoms with van der Waals surface area (Å²) in [5.74, 6) is 2.08. The molecule has 5 heteroatoms. The van der Waals surface area contributed by atoms with Crippen LogP contribution < -0.4 is 15.4 Å². The predicted molar refractivity (Wildman–Crippen MR) is 111 cm³/mol. The van der Waals surface area contributed by atoms with Crippen molar-refractivity contribution in [2.45, 2.75) is 40.7 Å². The fourth-order valence-electron chi connectivity index (χ4n) is 2.83. The minimum Gasteiger partial charge on any atom is -0.489 e. The fraction of sp³-hybridized carbons (Fsp3) is 0.273. The molecule has 5 nitrogen and oxygen atoms in total. The Morgan fingerprint density at radius 1 is 0.852 bits per heavy atom. The summed E-state index contributed by atoms with van der Waals surface area (Å²) in [5.41, 5.74) is 5.14. The van der Waals surface area contributed by atoms with Crippen LogP contribution in [0.2, 0.25) is 0 Å². The number of aromatic nitrogens is 2. The lowest BCUT2D eigenvalue weighted by Gasteiger charge is -2.16. The van der Waals surface area contributed by atoms with Crippen LogP contribution in [0, 0.1) is 20.8 Å². The van der Waals surface area contributed by atoms with E-state index in [1.54, 1.807) is 0 Å². The molecule has 0 saturated heterocycles. The Morgan fingerprint density at radius 3 is 2.37 bits per heavy atom. The second-order valence-corrected chi connectivity index (χ2v) is 6.95. The van der Waals surface area contributed by atoms with Crippen LogP contribution in [-0.4, -0.2) is 16.1 Å². The van der Waals surface area contributed by atoms with E-state index >= 15 is 0 Å². The van der Waals surface area contributed by atoms with Crippen molar-refractivity contribution in [3.8, 4) is 5.75 Å². The van der Waals surface area contributed by atoms with Gasteiger partial charge in [-0.05, 0) is 58.4 Å². The van der Waals surface area contributed by atoms with Crippen LogP contribution in [0.5, 0.6) is 5.75 Å². The standard InChI is InChI=1S/C22H26N4O/c1-14(2)27-20-9-7-6-8-19(20)24-21-13-17(5)23-22(26-21)25-18-11-10-15(3)12-16(18)4/h6-14H,1-5H3,(H2,23,24,25,26). The molecule has 0 unspecified atom stereocenters. The third kappa shape index (κ3) is 4.97. The van der Waals surface area contributed by atoms with Crippen LogP contribution in [-0.2, 0) is 0 Å². The number of nitrogens with zero attached hydrogens (tertiary/aromatic N) is 2. The minimum absolute atomic E-state index is 0.0989. The maximum atomic E-state index is 5.88. The molecule has 0 atom stereocenters. The smallest absolute Gasteiger partial charge is 0.229 e. The molecule has 0 saturated carbocycles. The summed E-state index contributed by atoms with van der Waals surface area (Å²) in [6.45, 7) is 10.1. The average Bonchev–Trinajstić information content (AvgIpc) is 2.58. The Morgan fingerprint density at radius 2 is 1.63 bits per heavy atom. The van der Waals surface area contributed by atoms with E-state index in [9.17, 15) is 0 Å². The van der Waals surface area contributed by atoms with Crippen LogP contribution in [0.4, 0.5) is 23.1 Å². The Kier molecular flexibility index (Phi) is 5.60. The Bertz CT molecular complexity index is 937. The van der Waals surface area contributed by atoms with Gasteiger partial charge in [0.1, 0.15) is 11.6 Å². The number of hydrogen-bond donors (Lipinski definition) is 2. The number of nitrogens with one attached hydrogen (secondary N) is 2. The molecular formula is C22H26N4O. The Hall–Kier alpha value is -3.08. The van der Waals surface area contributed by atoms with Gasteiger partial charge in [-0.15, -0.1) is 0 Å². The lowest BCUT2D eigenvalue weighted by molar-refractivity contribution is 0.244. The van der Waals surface area contributed by atoms with E-state index in [4.69, 9.17) is 4.74 Å². The van der Waals surface area contributed by atoms with Gasteiger partial charge in [0.2, 0.25) is 5.95 Å². The van der Waals surface area contributed by atoms with Crippen molar-refractivity contribution in [3.05, 3.63) is 65.4 Å². The summed E-state index contributed by atoms with van der Waals surface area (Å²) >= 11 is 0. The number of benzene rings is 2. The first-order valence-corrected chi connectivity index (χ1v) is 9.13. The average molecular weight is 362 g/mol. The molecule has 0 aliphatic rings. The molecule has 0 aliphatic heterocycles. The van der Waals surface area contributed by atoms with E-state index in [0.717, 1.165) is 34.2 Å². The van der Waals surface area contributed by atoms with Gasteiger partial charge < -0.3 is 15.4 Å². The van der Waals surface area contributed by atoms with Crippen molar-refractivity contribution in [1.82, 2.24) is 9.97 Å². The minimum atomic E-state index is 0.0989. The second kappa shape index (κ2) is 8.08. The first-order valence-electron chi connectivity index (χ1n) is 9.13. The summed E-state index contributed by atoms with van der Waals surface area (Å²) in [4.78, 5) is 9.13. The number of aryl methyl sites for hydroxylation is 3. The summed E-state index contributed by atoms with van der Waals surface area (Å²) in [7, 11) is 0. The van der Waals surface area contributed by atoms with Crippen molar-refractivity contribution >= 4 is 23.1 Å². The summed E-state index contributed by atoms with van der Waals surface area (Å²) < 4.78 is 5.88. The van der Waals surface area contributed by atoms with Gasteiger partial charge in [0.05, 0.1) is 11.8 Å². The van der Waals surface area contributed by atoms with E-state index in [0.29, 0.717) is 5.95 Å². The van der Waals surface area contributed by atoms with Gasteiger partial charge in [0.15, 0.2) is 0 Å². The fourth-order valence-corrected chi connectivity index (χ4v) is 2.83. The molecular weight excluding hydrogens is 336 g/mol. The third-order valence-electron chi connectivity index (χ3n) is 4.00. The van der Waals surface area contributed by atoms with Crippen LogP contribution in [0.15, 0.2) is 48.5 Å². The molecule has 1 aromatic heterocycles. The van der Waals surface area contributed by atoms with Crippen LogP contribution >= 0.6 is 0 Å². The molecule has 27 heavy (non-hydrogen) atoms. The zero-order chi connectivity index (χ0) is 19.4. The molecule has 3 rings (SSSR count). The quantitative estimate of drug-likeness (QED) is 0.591. The molecule has 0 spiro atoms. The van der Waals surface area contributed by atoms with E-state index in [1.807, 2.05) is 51.1 Å². The first kappa shape index (κ1) is 18.7. The third-order valence-corrected chi connectivity index (χ3v) is 4.00. The van der Waals surface area contributed by atoms with E-state index in [-0.39, 0.29) is 6.10 Å². The second-order valence-electron chi connectivity index (χ2n) is 6.95. The first-order chi connectivity index (χ1) is 12.9. The highest BCUT2D eigenvalue weighted by atomic mass is 16.5. The molecule has 0 aliphatic carbocycles. The van der Waals surface area contributed by atoms with E-state index in [1.165, 1.54) is 5.56 Å². The van der Waals surface area contributed by atoms with Gasteiger partial charge in [-0.25, -0.2) is 4.98 Å². The number of ether oxygens (including phenoxy) is 1. The SMILES string of the molecule is Cc1ccc(Nc2nc(C)cc(Nc3ccccc3OC(C)C)n2)c(C)c1. The molecule has 3 aromatic rings. The van der Waals surface area contributed by atoms with Crippen LogP contribution in [0.1, 0.15) is 30.7 Å². The van der Waals surface area contributed by atoms with E-state index in [2.05, 4.69) is 52.6 Å². The van der Waals surface area contributed by atoms with Crippen molar-refractivity contribution in [2.24, 2.45) is 0 Å². The number of para-hydroxylation sites is 2. The van der Waals surface area contributed by atoms with Crippen molar-refractivity contribution in [2.75, 3.05) is 10.6 Å². The molecule has 0 fully saturated rings. The highest BCUT2D eigenvalue weighted by molar-refractivity contribution is 5.66. The van der Waals surface area contributed by atoms with Crippen molar-refractivity contribution in [1.29, 1.82) is 0 Å². The summed E-state index contributed by atoms with van der Waals surface area (Å²) in [6.07, 6.45) is 0.0989. The zero-order valence-electron chi connectivity index (χ0n) is 16.5. The lowest BCUT2D eigenvalue weighted by Crippen LogP contribution is -2.08. The van der Waals surface area contributed by atoms with Crippen LogP contribution in [0.25, 0.3) is 0 Å². The molecule has 1 heterocycles. The molecule has 0 radical (unpaired) electrons. The van der Waals surface area contributed by atoms with E-state index < -0.39 is 0 Å². The van der Waals surface area contributed by atoms with Gasteiger partial charge in [0.25, 0.3) is 0 Å². The summed E-state index contributed by atoms with van der Waals surface area (Å²) in [5, 5.41) is 6.67. The van der Waals surface area contributed by atoms with Crippen molar-refractivity contribution < 1.29 is 4.74 Å². The highest BCUT2D eigenvalue weighted by Gasteiger charge is 2.09. The number of rotatable bonds is 6. The molecule has 0 amide bonds. The van der Waals surface area contributed by atoms with Gasteiger partial charge in [-0.2, -0.15) is 4.98 Å². The van der Waals surface area contributed by atoms with Gasteiger partial charge in [-0.1, -0.05) is 29.8 Å². The topological polar surface area (TPSA) is 59.1 Å². The number of anilines is 4. The molecule has 2 aromatic carbocycles. The molecule has 0 bridgehead atoms. The van der Waals surface area contributed by atoms with Crippen LogP contribution in [0.3, 0.4) is 0 Å². The number of hydrogen-bond acceptors (Lipinski definition) is 5. The normalized spacial score (nSPS) is 10.7. The monoisotopic (exact) mass is 362 g/mol. The molecule has 2 N–H and O–H groups in total. The molecule has 140 valence electrons. The zero-order valence-corrected chi connectivity index (χ0v) is 16.5. The maximum absolute atomic E-state index is 5.88.